The zero-order valence-corrected chi connectivity index (χ0v) is 9.80. The molecule has 1 aromatic heterocycles. The minimum atomic E-state index is -4.41. The molecule has 6 heteroatoms. The highest BCUT2D eigenvalue weighted by molar-refractivity contribution is 5.61. The van der Waals surface area contributed by atoms with E-state index in [-0.39, 0.29) is 5.69 Å². The maximum Gasteiger partial charge on any atom is 0.417 e. The van der Waals surface area contributed by atoms with Gasteiger partial charge in [0.15, 0.2) is 0 Å². The summed E-state index contributed by atoms with van der Waals surface area (Å²) < 4.78 is 37.0. The van der Waals surface area contributed by atoms with Gasteiger partial charge in [-0.3, -0.25) is 0 Å². The van der Waals surface area contributed by atoms with E-state index in [1.54, 1.807) is 0 Å². The number of hydrogen-bond donors (Lipinski definition) is 2. The standard InChI is InChI=1S/C11H16F3N3/c1-7(2)3-4-16-10-9(15)5-8(6-17-10)11(12,13)14/h5-7H,3-4,15H2,1-2H3,(H,16,17). The molecular weight excluding hydrogens is 231 g/mol. The Balaban J connectivity index is 2.70. The van der Waals surface area contributed by atoms with E-state index in [0.717, 1.165) is 18.7 Å². The maximum atomic E-state index is 12.3. The van der Waals surface area contributed by atoms with Crippen LogP contribution in [0.15, 0.2) is 12.3 Å². The molecule has 0 fully saturated rings. The van der Waals surface area contributed by atoms with Crippen LogP contribution in [0.25, 0.3) is 0 Å². The van der Waals surface area contributed by atoms with E-state index in [2.05, 4.69) is 24.1 Å². The number of nitrogens with one attached hydrogen (secondary N) is 1. The molecule has 96 valence electrons. The number of halogens is 3. The van der Waals surface area contributed by atoms with E-state index in [4.69, 9.17) is 5.73 Å². The third-order valence-electron chi connectivity index (χ3n) is 2.26. The van der Waals surface area contributed by atoms with Crippen LogP contribution >= 0.6 is 0 Å². The average Bonchev–Trinajstić information content (AvgIpc) is 2.18. The number of nitrogens with two attached hydrogens (primary N) is 1. The Morgan fingerprint density at radius 1 is 1.41 bits per heavy atom. The SMILES string of the molecule is CC(C)CCNc1ncc(C(F)(F)F)cc1N. The second-order valence-corrected chi connectivity index (χ2v) is 4.27. The van der Waals surface area contributed by atoms with E-state index in [9.17, 15) is 13.2 Å². The van der Waals surface area contributed by atoms with Crippen molar-refractivity contribution in [3.05, 3.63) is 17.8 Å². The largest absolute Gasteiger partial charge is 0.417 e. The van der Waals surface area contributed by atoms with Crippen molar-refractivity contribution in [2.24, 2.45) is 5.92 Å². The first-order valence-electron chi connectivity index (χ1n) is 5.37. The molecule has 1 heterocycles. The van der Waals surface area contributed by atoms with Crippen LogP contribution in [-0.4, -0.2) is 11.5 Å². The molecule has 0 unspecified atom stereocenters. The summed E-state index contributed by atoms with van der Waals surface area (Å²) in [6.45, 7) is 4.76. The molecule has 0 atom stereocenters. The van der Waals surface area contributed by atoms with Gasteiger partial charge in [-0.15, -0.1) is 0 Å². The molecule has 3 N–H and O–H groups in total. The second kappa shape index (κ2) is 5.25. The van der Waals surface area contributed by atoms with Gasteiger partial charge in [0, 0.05) is 12.7 Å². The second-order valence-electron chi connectivity index (χ2n) is 4.27. The minimum absolute atomic E-state index is 0.0172. The van der Waals surface area contributed by atoms with Gasteiger partial charge >= 0.3 is 6.18 Å². The number of alkyl halides is 3. The van der Waals surface area contributed by atoms with E-state index in [0.29, 0.717) is 18.3 Å². The van der Waals surface area contributed by atoms with Gasteiger partial charge in [0.2, 0.25) is 0 Å². The summed E-state index contributed by atoms with van der Waals surface area (Å²) in [7, 11) is 0. The Kier molecular flexibility index (Phi) is 4.20. The van der Waals surface area contributed by atoms with Crippen molar-refractivity contribution in [1.82, 2.24) is 4.98 Å². The van der Waals surface area contributed by atoms with Crippen LogP contribution in [0.5, 0.6) is 0 Å². The molecule has 0 saturated carbocycles. The van der Waals surface area contributed by atoms with Crippen molar-refractivity contribution in [2.75, 3.05) is 17.6 Å². The summed E-state index contributed by atoms with van der Waals surface area (Å²) >= 11 is 0. The minimum Gasteiger partial charge on any atom is -0.396 e. The Morgan fingerprint density at radius 3 is 2.53 bits per heavy atom. The number of nitrogen functional groups attached to an aromatic ring is 1. The van der Waals surface area contributed by atoms with Crippen molar-refractivity contribution >= 4 is 11.5 Å². The van der Waals surface area contributed by atoms with Crippen LogP contribution in [0.1, 0.15) is 25.8 Å². The van der Waals surface area contributed by atoms with E-state index in [1.165, 1.54) is 0 Å². The first-order chi connectivity index (χ1) is 7.80. The fraction of sp³-hybridized carbons (Fsp3) is 0.545. The first-order valence-corrected chi connectivity index (χ1v) is 5.37. The van der Waals surface area contributed by atoms with Crippen molar-refractivity contribution in [1.29, 1.82) is 0 Å². The lowest BCUT2D eigenvalue weighted by molar-refractivity contribution is -0.137. The van der Waals surface area contributed by atoms with Gasteiger partial charge in [-0.2, -0.15) is 13.2 Å². The normalized spacial score (nSPS) is 11.9. The lowest BCUT2D eigenvalue weighted by atomic mass is 10.1. The van der Waals surface area contributed by atoms with Crippen molar-refractivity contribution in [2.45, 2.75) is 26.4 Å². The molecular formula is C11H16F3N3. The number of pyridine rings is 1. The molecule has 0 aliphatic carbocycles. The van der Waals surface area contributed by atoms with E-state index in [1.807, 2.05) is 0 Å². The van der Waals surface area contributed by atoms with E-state index < -0.39 is 11.7 Å². The maximum absolute atomic E-state index is 12.3. The number of anilines is 2. The van der Waals surface area contributed by atoms with Crippen molar-refractivity contribution in [3.8, 4) is 0 Å². The van der Waals surface area contributed by atoms with Crippen LogP contribution in [0.3, 0.4) is 0 Å². The summed E-state index contributed by atoms with van der Waals surface area (Å²) in [5, 5.41) is 2.92. The van der Waals surface area contributed by atoms with Crippen molar-refractivity contribution < 1.29 is 13.2 Å². The smallest absolute Gasteiger partial charge is 0.396 e. The summed E-state index contributed by atoms with van der Waals surface area (Å²) in [5.41, 5.74) is 4.70. The van der Waals surface area contributed by atoms with E-state index >= 15 is 0 Å². The number of nitrogens with zero attached hydrogens (tertiary/aromatic N) is 1. The van der Waals surface area contributed by atoms with Crippen LogP contribution < -0.4 is 11.1 Å². The third kappa shape index (κ3) is 4.13. The molecule has 0 aromatic carbocycles. The Morgan fingerprint density at radius 2 is 2.06 bits per heavy atom. The lowest BCUT2D eigenvalue weighted by Gasteiger charge is -2.12. The highest BCUT2D eigenvalue weighted by Crippen LogP contribution is 2.31. The number of hydrogen-bond acceptors (Lipinski definition) is 3. The van der Waals surface area contributed by atoms with Gasteiger partial charge < -0.3 is 11.1 Å². The predicted molar refractivity (Wildman–Crippen MR) is 61.6 cm³/mol. The quantitative estimate of drug-likeness (QED) is 0.859. The van der Waals surface area contributed by atoms with Crippen molar-refractivity contribution in [3.63, 3.8) is 0 Å². The topological polar surface area (TPSA) is 50.9 Å². The molecule has 0 bridgehead atoms. The molecule has 0 aliphatic rings. The Labute approximate surface area is 98.2 Å². The van der Waals surface area contributed by atoms with Gasteiger partial charge in [0.1, 0.15) is 5.82 Å². The van der Waals surface area contributed by atoms with Crippen LogP contribution in [-0.2, 0) is 6.18 Å². The highest BCUT2D eigenvalue weighted by atomic mass is 19.4. The fourth-order valence-corrected chi connectivity index (χ4v) is 1.26. The third-order valence-corrected chi connectivity index (χ3v) is 2.26. The van der Waals surface area contributed by atoms with Gasteiger partial charge in [-0.05, 0) is 18.4 Å². The van der Waals surface area contributed by atoms with Crippen LogP contribution in [0.2, 0.25) is 0 Å². The molecule has 0 spiro atoms. The van der Waals surface area contributed by atoms with Gasteiger partial charge in [-0.25, -0.2) is 4.98 Å². The molecule has 0 radical (unpaired) electrons. The Bertz CT molecular complexity index is 375. The molecule has 0 amide bonds. The molecule has 3 nitrogen and oxygen atoms in total. The zero-order chi connectivity index (χ0) is 13.1. The average molecular weight is 247 g/mol. The molecule has 0 saturated heterocycles. The summed E-state index contributed by atoms with van der Waals surface area (Å²) in [5.74, 6) is 0.817. The monoisotopic (exact) mass is 247 g/mol. The first kappa shape index (κ1) is 13.6. The number of rotatable bonds is 4. The molecule has 17 heavy (non-hydrogen) atoms. The van der Waals surface area contributed by atoms with Gasteiger partial charge in [0.05, 0.1) is 11.3 Å². The fourth-order valence-electron chi connectivity index (χ4n) is 1.26. The Hall–Kier alpha value is -1.46. The predicted octanol–water partition coefficient (Wildman–Crippen LogP) is 3.14. The highest BCUT2D eigenvalue weighted by Gasteiger charge is 2.31. The zero-order valence-electron chi connectivity index (χ0n) is 9.80. The summed E-state index contributed by atoms with van der Waals surface area (Å²) in [6.07, 6.45) is -2.71. The summed E-state index contributed by atoms with van der Waals surface area (Å²) in [4.78, 5) is 3.69. The van der Waals surface area contributed by atoms with Crippen LogP contribution in [0, 0.1) is 5.92 Å². The molecule has 1 aromatic rings. The van der Waals surface area contributed by atoms with Crippen LogP contribution in [0.4, 0.5) is 24.7 Å². The summed E-state index contributed by atoms with van der Waals surface area (Å²) in [6, 6.07) is 0.894. The lowest BCUT2D eigenvalue weighted by Crippen LogP contribution is -2.11. The molecule has 0 aliphatic heterocycles. The number of aromatic nitrogens is 1. The van der Waals surface area contributed by atoms with Gasteiger partial charge in [0.25, 0.3) is 0 Å². The van der Waals surface area contributed by atoms with Gasteiger partial charge in [-0.1, -0.05) is 13.8 Å². The molecule has 1 rings (SSSR count).